The molecule has 0 saturated heterocycles. The van der Waals surface area contributed by atoms with Crippen LogP contribution in [0.1, 0.15) is 31.0 Å². The quantitative estimate of drug-likeness (QED) is 0.447. The van der Waals surface area contributed by atoms with Crippen LogP contribution in [0.3, 0.4) is 0 Å². The lowest BCUT2D eigenvalue weighted by atomic mass is 9.96. The number of halogens is 3. The fraction of sp³-hybridized carbons (Fsp3) is 0.240. The highest BCUT2D eigenvalue weighted by molar-refractivity contribution is 7.07. The average Bonchev–Trinajstić information content (AvgIpc) is 3.13. The zero-order valence-corrected chi connectivity index (χ0v) is 20.3. The molecule has 4 rings (SSSR count). The van der Waals surface area contributed by atoms with Crippen molar-refractivity contribution in [2.24, 2.45) is 4.99 Å². The third-order valence-corrected chi connectivity index (χ3v) is 6.39. The average molecular weight is 519 g/mol. The number of nitrogens with zero attached hydrogens (tertiary/aromatic N) is 2. The molecule has 2 aromatic carbocycles. The van der Waals surface area contributed by atoms with Crippen molar-refractivity contribution in [3.8, 4) is 11.5 Å². The number of esters is 1. The van der Waals surface area contributed by atoms with Crippen molar-refractivity contribution in [3.05, 3.63) is 90.4 Å². The predicted molar refractivity (Wildman–Crippen MR) is 126 cm³/mol. The van der Waals surface area contributed by atoms with E-state index in [0.29, 0.717) is 21.6 Å². The molecule has 0 saturated carbocycles. The Hall–Kier alpha value is -3.86. The van der Waals surface area contributed by atoms with Crippen molar-refractivity contribution >= 4 is 23.4 Å². The molecular weight excluding hydrogens is 497 g/mol. The maximum atomic E-state index is 13.6. The van der Waals surface area contributed by atoms with Gasteiger partial charge in [0.25, 0.3) is 5.56 Å². The number of ether oxygens (including phenoxy) is 3. The van der Waals surface area contributed by atoms with Crippen molar-refractivity contribution in [1.29, 1.82) is 0 Å². The fourth-order valence-corrected chi connectivity index (χ4v) is 4.92. The molecule has 0 unspecified atom stereocenters. The van der Waals surface area contributed by atoms with Crippen molar-refractivity contribution in [2.75, 3.05) is 13.7 Å². The molecule has 188 valence electrons. The Bertz CT molecular complexity index is 1510. The number of carbonyl (C=O) groups excluding carboxylic acids is 1. The molecule has 0 bridgehead atoms. The highest BCUT2D eigenvalue weighted by Gasteiger charge is 2.33. The Morgan fingerprint density at radius 1 is 1.19 bits per heavy atom. The van der Waals surface area contributed by atoms with Gasteiger partial charge in [0.2, 0.25) is 0 Å². The second kappa shape index (κ2) is 10.4. The molecule has 0 aliphatic carbocycles. The number of hydrogen-bond donors (Lipinski definition) is 0. The van der Waals surface area contributed by atoms with Gasteiger partial charge in [0.1, 0.15) is 5.82 Å². The van der Waals surface area contributed by atoms with E-state index in [-0.39, 0.29) is 28.2 Å². The lowest BCUT2D eigenvalue weighted by Gasteiger charge is -2.24. The number of aromatic nitrogens is 1. The van der Waals surface area contributed by atoms with Crippen LogP contribution in [0.15, 0.2) is 63.5 Å². The van der Waals surface area contributed by atoms with Crippen LogP contribution < -0.4 is 24.4 Å². The molecule has 2 heterocycles. The summed E-state index contributed by atoms with van der Waals surface area (Å²) in [6.45, 7) is 0.425. The summed E-state index contributed by atoms with van der Waals surface area (Å²) in [5, 5.41) is 0. The first-order valence-corrected chi connectivity index (χ1v) is 11.6. The van der Waals surface area contributed by atoms with Gasteiger partial charge in [-0.05, 0) is 55.3 Å². The molecule has 0 radical (unpaired) electrons. The predicted octanol–water partition coefficient (Wildman–Crippen LogP) is 3.55. The van der Waals surface area contributed by atoms with Crippen LogP contribution >= 0.6 is 11.3 Å². The molecule has 0 N–H and O–H groups in total. The van der Waals surface area contributed by atoms with E-state index in [1.807, 2.05) is 0 Å². The van der Waals surface area contributed by atoms with Gasteiger partial charge in [0.05, 0.1) is 35.6 Å². The minimum Gasteiger partial charge on any atom is -0.493 e. The van der Waals surface area contributed by atoms with Gasteiger partial charge in [-0.1, -0.05) is 29.5 Å². The molecule has 1 aliphatic heterocycles. The van der Waals surface area contributed by atoms with E-state index >= 15 is 0 Å². The third kappa shape index (κ3) is 4.92. The monoisotopic (exact) mass is 518 g/mol. The third-order valence-electron chi connectivity index (χ3n) is 5.40. The van der Waals surface area contributed by atoms with E-state index in [4.69, 9.17) is 9.47 Å². The summed E-state index contributed by atoms with van der Waals surface area (Å²) in [5.41, 5.74) is 1.13. The first kappa shape index (κ1) is 25.2. The summed E-state index contributed by atoms with van der Waals surface area (Å²) in [5.74, 6) is -1.15. The summed E-state index contributed by atoms with van der Waals surface area (Å²) in [4.78, 5) is 31.2. The Labute approximate surface area is 207 Å². The summed E-state index contributed by atoms with van der Waals surface area (Å²) < 4.78 is 55.4. The van der Waals surface area contributed by atoms with Crippen LogP contribution in [0.5, 0.6) is 11.5 Å². The summed E-state index contributed by atoms with van der Waals surface area (Å²) in [7, 11) is 1.31. The van der Waals surface area contributed by atoms with E-state index < -0.39 is 30.0 Å². The largest absolute Gasteiger partial charge is 0.493 e. The zero-order chi connectivity index (χ0) is 26.0. The maximum absolute atomic E-state index is 13.6. The second-order valence-electron chi connectivity index (χ2n) is 7.64. The molecule has 7 nitrogen and oxygen atoms in total. The van der Waals surface area contributed by atoms with Gasteiger partial charge in [-0.25, -0.2) is 14.2 Å². The van der Waals surface area contributed by atoms with Crippen LogP contribution in [-0.2, 0) is 9.53 Å². The molecule has 3 aromatic rings. The number of rotatable bonds is 7. The maximum Gasteiger partial charge on any atom is 0.387 e. The van der Waals surface area contributed by atoms with Crippen molar-refractivity contribution in [2.45, 2.75) is 26.5 Å². The zero-order valence-electron chi connectivity index (χ0n) is 19.5. The van der Waals surface area contributed by atoms with Gasteiger partial charge in [0, 0.05) is 0 Å². The lowest BCUT2D eigenvalue weighted by molar-refractivity contribution is -0.139. The number of alkyl halides is 2. The van der Waals surface area contributed by atoms with Crippen LogP contribution in [0.4, 0.5) is 13.2 Å². The normalized spacial score (nSPS) is 15.5. The van der Waals surface area contributed by atoms with Crippen LogP contribution in [0.25, 0.3) is 6.08 Å². The summed E-state index contributed by atoms with van der Waals surface area (Å²) >= 11 is 1.09. The lowest BCUT2D eigenvalue weighted by Crippen LogP contribution is -2.39. The standard InChI is InChI=1S/C25H21F3N2O5S/c1-4-34-23(32)20-13(2)29-25-30(21(20)15-6-8-16(26)9-7-15)22(31)19(36-25)12-14-5-10-17(35-24(27)28)18(11-14)33-3/h5-12,21,24H,4H2,1-3H3/b19-12+/t21-/m1/s1. The number of thiazole rings is 1. The van der Waals surface area contributed by atoms with E-state index in [9.17, 15) is 22.8 Å². The number of carbonyl (C=O) groups is 1. The fourth-order valence-electron chi connectivity index (χ4n) is 3.87. The SMILES string of the molecule is CCOC(=O)C1=C(C)N=c2s/c(=C/c3ccc(OC(F)F)c(OC)c3)c(=O)n2[C@@H]1c1ccc(F)cc1. The Morgan fingerprint density at radius 2 is 1.92 bits per heavy atom. The summed E-state index contributed by atoms with van der Waals surface area (Å²) in [6, 6.07) is 8.91. The summed E-state index contributed by atoms with van der Waals surface area (Å²) in [6.07, 6.45) is 1.56. The first-order valence-electron chi connectivity index (χ1n) is 10.8. The van der Waals surface area contributed by atoms with E-state index in [1.54, 1.807) is 19.9 Å². The highest BCUT2D eigenvalue weighted by atomic mass is 32.1. The number of hydrogen-bond acceptors (Lipinski definition) is 7. The Balaban J connectivity index is 1.88. The van der Waals surface area contributed by atoms with Gasteiger partial charge in [-0.15, -0.1) is 0 Å². The smallest absolute Gasteiger partial charge is 0.387 e. The Kier molecular flexibility index (Phi) is 7.30. The minimum atomic E-state index is -3.02. The molecule has 0 fully saturated rings. The van der Waals surface area contributed by atoms with Gasteiger partial charge < -0.3 is 14.2 Å². The number of fused-ring (bicyclic) bond motifs is 1. The van der Waals surface area contributed by atoms with Gasteiger partial charge in [-0.3, -0.25) is 9.36 Å². The molecular formula is C25H21F3N2O5S. The van der Waals surface area contributed by atoms with Gasteiger partial charge >= 0.3 is 12.6 Å². The van der Waals surface area contributed by atoms with Crippen molar-refractivity contribution in [3.63, 3.8) is 0 Å². The van der Waals surface area contributed by atoms with Crippen LogP contribution in [-0.4, -0.2) is 30.9 Å². The molecule has 1 aromatic heterocycles. The second-order valence-corrected chi connectivity index (χ2v) is 8.65. The molecule has 0 amide bonds. The molecule has 36 heavy (non-hydrogen) atoms. The van der Waals surface area contributed by atoms with Gasteiger partial charge in [-0.2, -0.15) is 8.78 Å². The van der Waals surface area contributed by atoms with Crippen LogP contribution in [0, 0.1) is 5.82 Å². The van der Waals surface area contributed by atoms with E-state index in [0.717, 1.165) is 11.3 Å². The van der Waals surface area contributed by atoms with E-state index in [1.165, 1.54) is 54.1 Å². The van der Waals surface area contributed by atoms with Crippen LogP contribution in [0.2, 0.25) is 0 Å². The molecule has 0 spiro atoms. The van der Waals surface area contributed by atoms with E-state index in [2.05, 4.69) is 9.73 Å². The topological polar surface area (TPSA) is 79.1 Å². The highest BCUT2D eigenvalue weighted by Crippen LogP contribution is 2.31. The molecule has 11 heteroatoms. The van der Waals surface area contributed by atoms with Crippen molar-refractivity contribution < 1.29 is 32.2 Å². The number of benzene rings is 2. The number of methoxy groups -OCH3 is 1. The molecule has 1 aliphatic rings. The Morgan fingerprint density at radius 3 is 2.56 bits per heavy atom. The molecule has 1 atom stereocenters. The van der Waals surface area contributed by atoms with Gasteiger partial charge in [0.15, 0.2) is 16.3 Å². The minimum absolute atomic E-state index is 0.0708. The number of allylic oxidation sites excluding steroid dienone is 1. The first-order chi connectivity index (χ1) is 17.2. The van der Waals surface area contributed by atoms with Crippen molar-refractivity contribution in [1.82, 2.24) is 4.57 Å².